The number of rotatable bonds is 3. The fourth-order valence-corrected chi connectivity index (χ4v) is 2.92. The van der Waals surface area contributed by atoms with Gasteiger partial charge in [0.15, 0.2) is 4.34 Å². The normalized spacial score (nSPS) is 10.4. The summed E-state index contributed by atoms with van der Waals surface area (Å²) in [5.41, 5.74) is 2.29. The molecule has 0 bridgehead atoms. The second kappa shape index (κ2) is 4.62. The van der Waals surface area contributed by atoms with Crippen LogP contribution in [0.25, 0.3) is 11.3 Å². The summed E-state index contributed by atoms with van der Waals surface area (Å²) >= 11 is 3.52. The lowest BCUT2D eigenvalue weighted by molar-refractivity contribution is 1.25. The minimum atomic E-state index is 1.09. The molecule has 0 amide bonds. The van der Waals surface area contributed by atoms with Crippen molar-refractivity contribution in [1.29, 1.82) is 0 Å². The highest BCUT2D eigenvalue weighted by Gasteiger charge is 2.02. The summed E-state index contributed by atoms with van der Waals surface area (Å²) in [7, 11) is 0. The molecule has 0 radical (unpaired) electrons. The van der Waals surface area contributed by atoms with Gasteiger partial charge in [0.2, 0.25) is 0 Å². The monoisotopic (exact) mass is 221 g/mol. The largest absolute Gasteiger partial charge is 0.230 e. The van der Waals surface area contributed by atoms with Crippen molar-refractivity contribution < 1.29 is 0 Å². The topological polar surface area (TPSA) is 12.9 Å². The third kappa shape index (κ3) is 2.16. The van der Waals surface area contributed by atoms with E-state index in [-0.39, 0.29) is 0 Å². The Hall–Kier alpha value is -0.800. The quantitative estimate of drug-likeness (QED) is 0.729. The Balaban J connectivity index is 2.25. The molecular formula is C11H11NS2. The summed E-state index contributed by atoms with van der Waals surface area (Å²) in [6, 6.07) is 10.3. The van der Waals surface area contributed by atoms with E-state index < -0.39 is 0 Å². The molecule has 72 valence electrons. The number of hydrogen-bond acceptors (Lipinski definition) is 3. The van der Waals surface area contributed by atoms with Crippen molar-refractivity contribution in [2.75, 3.05) is 5.75 Å². The van der Waals surface area contributed by atoms with E-state index in [1.54, 1.807) is 23.1 Å². The summed E-state index contributed by atoms with van der Waals surface area (Å²) < 4.78 is 1.16. The van der Waals surface area contributed by atoms with E-state index >= 15 is 0 Å². The first-order chi connectivity index (χ1) is 6.90. The van der Waals surface area contributed by atoms with Crippen molar-refractivity contribution in [2.24, 2.45) is 0 Å². The van der Waals surface area contributed by atoms with Crippen LogP contribution in [-0.4, -0.2) is 10.7 Å². The van der Waals surface area contributed by atoms with Gasteiger partial charge in [-0.25, -0.2) is 4.98 Å². The average molecular weight is 221 g/mol. The second-order valence-corrected chi connectivity index (χ2v) is 5.17. The van der Waals surface area contributed by atoms with Crippen molar-refractivity contribution >= 4 is 23.1 Å². The highest BCUT2D eigenvalue weighted by Crippen LogP contribution is 2.27. The van der Waals surface area contributed by atoms with Gasteiger partial charge in [0.25, 0.3) is 0 Å². The van der Waals surface area contributed by atoms with Crippen LogP contribution in [-0.2, 0) is 0 Å². The van der Waals surface area contributed by atoms with E-state index in [2.05, 4.69) is 29.4 Å². The molecule has 0 unspecified atom stereocenters. The van der Waals surface area contributed by atoms with E-state index in [1.807, 2.05) is 18.2 Å². The van der Waals surface area contributed by atoms with Crippen molar-refractivity contribution in [3.63, 3.8) is 0 Å². The van der Waals surface area contributed by atoms with Crippen molar-refractivity contribution in [3.8, 4) is 11.3 Å². The van der Waals surface area contributed by atoms with Crippen LogP contribution in [0.5, 0.6) is 0 Å². The fraction of sp³-hybridized carbons (Fsp3) is 0.182. The first-order valence-corrected chi connectivity index (χ1v) is 6.40. The van der Waals surface area contributed by atoms with Crippen molar-refractivity contribution in [1.82, 2.24) is 4.98 Å². The SMILES string of the molecule is CCSc1nc(-c2ccccc2)cs1. The lowest BCUT2D eigenvalue weighted by atomic mass is 10.2. The lowest BCUT2D eigenvalue weighted by Gasteiger charge is -1.93. The molecule has 0 aliphatic heterocycles. The molecule has 1 aromatic carbocycles. The van der Waals surface area contributed by atoms with E-state index in [0.29, 0.717) is 0 Å². The Morgan fingerprint density at radius 1 is 1.29 bits per heavy atom. The Labute approximate surface area is 92.2 Å². The van der Waals surface area contributed by atoms with Gasteiger partial charge in [0.05, 0.1) is 5.69 Å². The highest BCUT2D eigenvalue weighted by molar-refractivity contribution is 8.00. The zero-order valence-electron chi connectivity index (χ0n) is 7.93. The van der Waals surface area contributed by atoms with Gasteiger partial charge in [-0.05, 0) is 5.75 Å². The molecule has 0 saturated heterocycles. The van der Waals surface area contributed by atoms with Gasteiger partial charge >= 0.3 is 0 Å². The number of nitrogens with zero attached hydrogens (tertiary/aromatic N) is 1. The number of thiazole rings is 1. The molecule has 0 atom stereocenters. The maximum Gasteiger partial charge on any atom is 0.150 e. The molecule has 0 aliphatic carbocycles. The molecular weight excluding hydrogens is 210 g/mol. The zero-order valence-corrected chi connectivity index (χ0v) is 9.57. The molecule has 2 rings (SSSR count). The number of thioether (sulfide) groups is 1. The number of benzene rings is 1. The van der Waals surface area contributed by atoms with E-state index in [1.165, 1.54) is 5.56 Å². The maximum atomic E-state index is 4.55. The van der Waals surface area contributed by atoms with Crippen LogP contribution in [0.2, 0.25) is 0 Å². The Morgan fingerprint density at radius 2 is 2.07 bits per heavy atom. The molecule has 0 fully saturated rings. The average Bonchev–Trinajstić information content (AvgIpc) is 2.68. The van der Waals surface area contributed by atoms with Crippen LogP contribution in [0.15, 0.2) is 40.1 Å². The van der Waals surface area contributed by atoms with E-state index in [0.717, 1.165) is 15.8 Å². The summed E-state index contributed by atoms with van der Waals surface area (Å²) in [5.74, 6) is 1.09. The summed E-state index contributed by atoms with van der Waals surface area (Å²) in [6.07, 6.45) is 0. The predicted octanol–water partition coefficient (Wildman–Crippen LogP) is 3.92. The van der Waals surface area contributed by atoms with Crippen LogP contribution < -0.4 is 0 Å². The summed E-state index contributed by atoms with van der Waals surface area (Å²) in [4.78, 5) is 4.55. The van der Waals surface area contributed by atoms with Crippen LogP contribution in [0.4, 0.5) is 0 Å². The third-order valence-electron chi connectivity index (χ3n) is 1.82. The molecule has 2 aromatic rings. The minimum Gasteiger partial charge on any atom is -0.230 e. The van der Waals surface area contributed by atoms with Gasteiger partial charge in [-0.1, -0.05) is 49.0 Å². The van der Waals surface area contributed by atoms with Crippen LogP contribution >= 0.6 is 23.1 Å². The lowest BCUT2D eigenvalue weighted by Crippen LogP contribution is -1.76. The van der Waals surface area contributed by atoms with Crippen LogP contribution in [0.3, 0.4) is 0 Å². The molecule has 0 aliphatic rings. The van der Waals surface area contributed by atoms with Crippen LogP contribution in [0, 0.1) is 0 Å². The Bertz CT molecular complexity index is 395. The predicted molar refractivity (Wildman–Crippen MR) is 63.9 cm³/mol. The molecule has 1 nitrogen and oxygen atoms in total. The van der Waals surface area contributed by atoms with Gasteiger partial charge < -0.3 is 0 Å². The standard InChI is InChI=1S/C11H11NS2/c1-2-13-11-12-10(8-14-11)9-6-4-3-5-7-9/h3-8H,2H2,1H3. The van der Waals surface area contributed by atoms with Crippen molar-refractivity contribution in [3.05, 3.63) is 35.7 Å². The third-order valence-corrected chi connectivity index (χ3v) is 3.72. The molecule has 1 aromatic heterocycles. The molecule has 0 saturated carbocycles. The molecule has 1 heterocycles. The second-order valence-electron chi connectivity index (χ2n) is 2.80. The number of hydrogen-bond donors (Lipinski definition) is 0. The summed E-state index contributed by atoms with van der Waals surface area (Å²) in [5, 5.41) is 2.12. The van der Waals surface area contributed by atoms with Gasteiger partial charge in [-0.3, -0.25) is 0 Å². The molecule has 0 N–H and O–H groups in total. The van der Waals surface area contributed by atoms with Crippen LogP contribution in [0.1, 0.15) is 6.92 Å². The van der Waals surface area contributed by atoms with Gasteiger partial charge in [-0.15, -0.1) is 11.3 Å². The van der Waals surface area contributed by atoms with Gasteiger partial charge in [0.1, 0.15) is 0 Å². The first kappa shape index (κ1) is 9.74. The minimum absolute atomic E-state index is 1.09. The van der Waals surface area contributed by atoms with Crippen molar-refractivity contribution in [2.45, 2.75) is 11.3 Å². The van der Waals surface area contributed by atoms with Gasteiger partial charge in [-0.2, -0.15) is 0 Å². The smallest absolute Gasteiger partial charge is 0.150 e. The van der Waals surface area contributed by atoms with E-state index in [4.69, 9.17) is 0 Å². The first-order valence-electron chi connectivity index (χ1n) is 4.54. The fourth-order valence-electron chi connectivity index (χ4n) is 1.19. The maximum absolute atomic E-state index is 4.55. The molecule has 3 heteroatoms. The highest BCUT2D eigenvalue weighted by atomic mass is 32.2. The zero-order chi connectivity index (χ0) is 9.80. The Kier molecular flexibility index (Phi) is 3.22. The molecule has 14 heavy (non-hydrogen) atoms. The van der Waals surface area contributed by atoms with E-state index in [9.17, 15) is 0 Å². The Morgan fingerprint density at radius 3 is 2.79 bits per heavy atom. The molecule has 0 spiro atoms. The van der Waals surface area contributed by atoms with Gasteiger partial charge in [0, 0.05) is 10.9 Å². The number of aromatic nitrogens is 1. The summed E-state index contributed by atoms with van der Waals surface area (Å²) in [6.45, 7) is 2.15.